The molecule has 3 heterocycles. The summed E-state index contributed by atoms with van der Waals surface area (Å²) in [5, 5.41) is 11.8. The minimum atomic E-state index is -0.717. The molecule has 0 spiro atoms. The van der Waals surface area contributed by atoms with Crippen molar-refractivity contribution in [3.63, 3.8) is 0 Å². The highest BCUT2D eigenvalue weighted by molar-refractivity contribution is 8.01. The monoisotopic (exact) mass is 484 g/mol. The number of hydrogen-bond donors (Lipinski definition) is 2. The summed E-state index contributed by atoms with van der Waals surface area (Å²) >= 11 is 2.42. The summed E-state index contributed by atoms with van der Waals surface area (Å²) < 4.78 is 7.94. The van der Waals surface area contributed by atoms with Gasteiger partial charge in [-0.2, -0.15) is 0 Å². The van der Waals surface area contributed by atoms with Gasteiger partial charge in [0.25, 0.3) is 5.56 Å². The van der Waals surface area contributed by atoms with Crippen LogP contribution in [0.15, 0.2) is 67.1 Å². The second-order valence-electron chi connectivity index (χ2n) is 7.00. The second kappa shape index (κ2) is 9.88. The number of nitrogens with one attached hydrogen (secondary N) is 1. The normalized spacial score (nSPS) is 10.9. The molecule has 0 saturated heterocycles. The van der Waals surface area contributed by atoms with Crippen molar-refractivity contribution in [1.29, 1.82) is 0 Å². The van der Waals surface area contributed by atoms with Crippen LogP contribution in [0.1, 0.15) is 21.7 Å². The summed E-state index contributed by atoms with van der Waals surface area (Å²) in [6.45, 7) is 0.606. The van der Waals surface area contributed by atoms with E-state index in [0.29, 0.717) is 16.0 Å². The van der Waals surface area contributed by atoms with E-state index >= 15 is 0 Å². The van der Waals surface area contributed by atoms with Crippen LogP contribution in [0.25, 0.3) is 0 Å². The minimum Gasteiger partial charge on any atom is -0.467 e. The molecular formula is C21H20N6O4S2. The van der Waals surface area contributed by atoms with Crippen LogP contribution in [0, 0.1) is 0 Å². The molecule has 1 aromatic carbocycles. The largest absolute Gasteiger partial charge is 0.467 e. The fraction of sp³-hybridized carbons (Fsp3) is 0.190. The first-order valence-corrected chi connectivity index (χ1v) is 11.6. The molecular weight excluding hydrogens is 464 g/mol. The molecule has 4 rings (SSSR count). The SMILES string of the molecule is Cn1c(=O)c(C(=O)CSc2nnc(NCc3ccco3)s2)c(N)n(Cc2ccccc2)c1=O. The number of carbonyl (C=O) groups excluding carboxylic acids is 1. The quantitative estimate of drug-likeness (QED) is 0.270. The second-order valence-corrected chi connectivity index (χ2v) is 9.20. The van der Waals surface area contributed by atoms with Crippen molar-refractivity contribution in [3.05, 3.63) is 86.5 Å². The Labute approximate surface area is 196 Å². The lowest BCUT2D eigenvalue weighted by Crippen LogP contribution is -2.43. The molecule has 0 atom stereocenters. The van der Waals surface area contributed by atoms with E-state index in [1.165, 1.54) is 23.0 Å². The number of rotatable bonds is 9. The molecule has 0 fully saturated rings. The molecule has 0 saturated carbocycles. The molecule has 3 aromatic heterocycles. The van der Waals surface area contributed by atoms with Gasteiger partial charge in [0.15, 0.2) is 10.1 Å². The lowest BCUT2D eigenvalue weighted by molar-refractivity contribution is 0.102. The molecule has 0 aliphatic rings. The topological polar surface area (TPSA) is 138 Å². The van der Waals surface area contributed by atoms with E-state index in [-0.39, 0.29) is 23.7 Å². The lowest BCUT2D eigenvalue weighted by Gasteiger charge is -2.14. The first kappa shape index (κ1) is 22.6. The van der Waals surface area contributed by atoms with Crippen molar-refractivity contribution in [2.75, 3.05) is 16.8 Å². The Morgan fingerprint density at radius 1 is 1.18 bits per heavy atom. The Bertz CT molecular complexity index is 1380. The third-order valence-electron chi connectivity index (χ3n) is 4.77. The van der Waals surface area contributed by atoms with Gasteiger partial charge in [-0.15, -0.1) is 10.2 Å². The molecule has 0 radical (unpaired) electrons. The molecule has 0 aliphatic carbocycles. The van der Waals surface area contributed by atoms with Gasteiger partial charge < -0.3 is 15.5 Å². The average Bonchev–Trinajstić information content (AvgIpc) is 3.50. The van der Waals surface area contributed by atoms with Gasteiger partial charge in [0, 0.05) is 7.05 Å². The highest BCUT2D eigenvalue weighted by atomic mass is 32.2. The summed E-state index contributed by atoms with van der Waals surface area (Å²) in [7, 11) is 1.33. The van der Waals surface area contributed by atoms with Gasteiger partial charge in [0.1, 0.15) is 17.1 Å². The summed E-state index contributed by atoms with van der Waals surface area (Å²) in [6, 6.07) is 12.8. The van der Waals surface area contributed by atoms with Crippen molar-refractivity contribution in [3.8, 4) is 0 Å². The third kappa shape index (κ3) is 5.07. The highest BCUT2D eigenvalue weighted by Crippen LogP contribution is 2.26. The smallest absolute Gasteiger partial charge is 0.332 e. The van der Waals surface area contributed by atoms with E-state index in [1.807, 2.05) is 36.4 Å². The zero-order valence-electron chi connectivity index (χ0n) is 17.6. The molecule has 0 unspecified atom stereocenters. The van der Waals surface area contributed by atoms with Gasteiger partial charge in [-0.1, -0.05) is 53.4 Å². The average molecular weight is 485 g/mol. The Balaban J connectivity index is 1.49. The van der Waals surface area contributed by atoms with E-state index in [0.717, 1.165) is 27.7 Å². The van der Waals surface area contributed by atoms with Crippen molar-refractivity contribution in [1.82, 2.24) is 19.3 Å². The first-order valence-electron chi connectivity index (χ1n) is 9.83. The van der Waals surface area contributed by atoms with Gasteiger partial charge in [-0.3, -0.25) is 18.7 Å². The Morgan fingerprint density at radius 2 is 1.97 bits per heavy atom. The summed E-state index contributed by atoms with van der Waals surface area (Å²) in [4.78, 5) is 38.2. The predicted octanol–water partition coefficient (Wildman–Crippen LogP) is 2.21. The molecule has 0 aliphatic heterocycles. The van der Waals surface area contributed by atoms with E-state index < -0.39 is 17.0 Å². The number of aromatic nitrogens is 4. The maximum absolute atomic E-state index is 12.9. The van der Waals surface area contributed by atoms with Gasteiger partial charge in [0.2, 0.25) is 5.13 Å². The van der Waals surface area contributed by atoms with E-state index in [4.69, 9.17) is 10.2 Å². The molecule has 4 aromatic rings. The van der Waals surface area contributed by atoms with Crippen molar-refractivity contribution >= 4 is 39.8 Å². The maximum atomic E-state index is 12.9. The van der Waals surface area contributed by atoms with Crippen LogP contribution in [0.4, 0.5) is 10.9 Å². The summed E-state index contributed by atoms with van der Waals surface area (Å²) in [5.74, 6) is 0.0536. The van der Waals surface area contributed by atoms with Gasteiger partial charge >= 0.3 is 5.69 Å². The molecule has 10 nitrogen and oxygen atoms in total. The number of benzene rings is 1. The number of furan rings is 1. The standard InChI is InChI=1S/C21H20N6O4S2/c1-26-18(29)16(17(22)27(21(26)30)11-13-6-3-2-4-7-13)15(28)12-32-20-25-24-19(33-20)23-10-14-8-5-9-31-14/h2-9H,10-12,22H2,1H3,(H,23,24). The van der Waals surface area contributed by atoms with Crippen LogP contribution >= 0.6 is 23.1 Å². The number of carbonyl (C=O) groups is 1. The summed E-state index contributed by atoms with van der Waals surface area (Å²) in [5.41, 5.74) is 5.45. The number of Topliss-reactive ketones (excluding diaryl/α,β-unsaturated/α-hetero) is 1. The Morgan fingerprint density at radius 3 is 2.70 bits per heavy atom. The number of ketones is 1. The molecule has 33 heavy (non-hydrogen) atoms. The van der Waals surface area contributed by atoms with E-state index in [9.17, 15) is 14.4 Å². The van der Waals surface area contributed by atoms with Crippen LogP contribution in [0.5, 0.6) is 0 Å². The number of thioether (sulfide) groups is 1. The Kier molecular flexibility index (Phi) is 6.75. The number of nitrogens with two attached hydrogens (primary N) is 1. The number of nitrogens with zero attached hydrogens (tertiary/aromatic N) is 4. The van der Waals surface area contributed by atoms with Crippen molar-refractivity contribution in [2.24, 2.45) is 7.05 Å². The zero-order valence-corrected chi connectivity index (χ0v) is 19.2. The zero-order chi connectivity index (χ0) is 23.4. The molecule has 0 bridgehead atoms. The predicted molar refractivity (Wildman–Crippen MR) is 127 cm³/mol. The van der Waals surface area contributed by atoms with Gasteiger partial charge in [-0.05, 0) is 17.7 Å². The molecule has 12 heteroatoms. The minimum absolute atomic E-state index is 0.0736. The summed E-state index contributed by atoms with van der Waals surface area (Å²) in [6.07, 6.45) is 1.59. The lowest BCUT2D eigenvalue weighted by atomic mass is 10.2. The molecule has 0 amide bonds. The van der Waals surface area contributed by atoms with Gasteiger partial charge in [0.05, 0.1) is 25.1 Å². The maximum Gasteiger partial charge on any atom is 0.332 e. The van der Waals surface area contributed by atoms with Crippen molar-refractivity contribution in [2.45, 2.75) is 17.4 Å². The first-order chi connectivity index (χ1) is 15.9. The highest BCUT2D eigenvalue weighted by Gasteiger charge is 2.22. The van der Waals surface area contributed by atoms with Crippen LogP contribution in [-0.2, 0) is 20.1 Å². The number of hydrogen-bond acceptors (Lipinski definition) is 10. The van der Waals surface area contributed by atoms with E-state index in [2.05, 4.69) is 15.5 Å². The fourth-order valence-corrected chi connectivity index (χ4v) is 4.70. The van der Waals surface area contributed by atoms with E-state index in [1.54, 1.807) is 12.3 Å². The molecule has 3 N–H and O–H groups in total. The Hall–Kier alpha value is -3.64. The third-order valence-corrected chi connectivity index (χ3v) is 6.79. The van der Waals surface area contributed by atoms with Crippen LogP contribution < -0.4 is 22.3 Å². The number of anilines is 2. The molecule has 170 valence electrons. The van der Waals surface area contributed by atoms with Gasteiger partial charge in [-0.25, -0.2) is 4.79 Å². The van der Waals surface area contributed by atoms with Crippen LogP contribution in [-0.4, -0.2) is 30.9 Å². The van der Waals surface area contributed by atoms with Crippen molar-refractivity contribution < 1.29 is 9.21 Å². The van der Waals surface area contributed by atoms with Crippen LogP contribution in [0.3, 0.4) is 0 Å². The number of nitrogen functional groups attached to an aromatic ring is 1. The van der Waals surface area contributed by atoms with Crippen LogP contribution in [0.2, 0.25) is 0 Å². The fourth-order valence-electron chi connectivity index (χ4n) is 3.08.